The molecule has 1 rings (SSSR count). The maximum atomic E-state index is 12.2. The monoisotopic (exact) mass is 257 g/mol. The van der Waals surface area contributed by atoms with Gasteiger partial charge in [-0.2, -0.15) is 0 Å². The van der Waals surface area contributed by atoms with Crippen LogP contribution in [0.4, 0.5) is 4.79 Å². The van der Waals surface area contributed by atoms with Crippen molar-refractivity contribution in [3.05, 3.63) is 0 Å². The molecule has 0 aromatic heterocycles. The Hall–Kier alpha value is -0.770. The number of carbonyl (C=O) groups excluding carboxylic acids is 1. The van der Waals surface area contributed by atoms with Gasteiger partial charge in [0.1, 0.15) is 5.60 Å². The predicted octanol–water partition coefficient (Wildman–Crippen LogP) is 2.65. The zero-order valence-electron chi connectivity index (χ0n) is 12.7. The van der Waals surface area contributed by atoms with Crippen LogP contribution in [-0.2, 0) is 4.74 Å². The Morgan fingerprint density at radius 1 is 1.22 bits per heavy atom. The van der Waals surface area contributed by atoms with E-state index in [0.29, 0.717) is 6.54 Å². The number of aliphatic hydroxyl groups excluding tert-OH is 1. The van der Waals surface area contributed by atoms with Crippen molar-refractivity contribution >= 4 is 6.09 Å². The maximum absolute atomic E-state index is 12.2. The van der Waals surface area contributed by atoms with Gasteiger partial charge in [0, 0.05) is 12.0 Å². The van der Waals surface area contributed by atoms with Crippen molar-refractivity contribution in [2.75, 3.05) is 6.54 Å². The summed E-state index contributed by atoms with van der Waals surface area (Å²) in [5.41, 5.74) is -0.579. The summed E-state index contributed by atoms with van der Waals surface area (Å²) in [7, 11) is 0. The highest BCUT2D eigenvalue weighted by Gasteiger charge is 2.47. The fourth-order valence-electron chi connectivity index (χ4n) is 2.74. The lowest BCUT2D eigenvalue weighted by Crippen LogP contribution is -2.47. The average molecular weight is 257 g/mol. The third-order valence-corrected chi connectivity index (χ3v) is 3.34. The molecule has 1 aliphatic rings. The predicted molar refractivity (Wildman–Crippen MR) is 71.4 cm³/mol. The number of amides is 1. The Balaban J connectivity index is 2.90. The van der Waals surface area contributed by atoms with Gasteiger partial charge >= 0.3 is 6.09 Å². The highest BCUT2D eigenvalue weighted by Crippen LogP contribution is 2.37. The van der Waals surface area contributed by atoms with E-state index in [9.17, 15) is 9.90 Å². The normalized spacial score (nSPS) is 29.6. The van der Waals surface area contributed by atoms with E-state index in [1.807, 2.05) is 27.7 Å². The molecule has 1 heterocycles. The van der Waals surface area contributed by atoms with Gasteiger partial charge in [0.2, 0.25) is 0 Å². The maximum Gasteiger partial charge on any atom is 0.410 e. The first-order chi connectivity index (χ1) is 7.93. The minimum absolute atomic E-state index is 0.00218. The summed E-state index contributed by atoms with van der Waals surface area (Å²) in [6.45, 7) is 14.2. The molecular weight excluding hydrogens is 230 g/mol. The fourth-order valence-corrected chi connectivity index (χ4v) is 2.74. The van der Waals surface area contributed by atoms with E-state index < -0.39 is 11.7 Å². The molecule has 18 heavy (non-hydrogen) atoms. The molecular formula is C14H27NO3. The van der Waals surface area contributed by atoms with Crippen LogP contribution in [0.2, 0.25) is 0 Å². The SMILES string of the molecule is C[C@@H]1[C@@H](O)CN(C(=O)OC(C)(C)C)[C@H]1C(C)(C)C. The van der Waals surface area contributed by atoms with Gasteiger partial charge in [0.25, 0.3) is 0 Å². The number of nitrogens with zero attached hydrogens (tertiary/aromatic N) is 1. The Morgan fingerprint density at radius 3 is 2.11 bits per heavy atom. The minimum atomic E-state index is -0.504. The van der Waals surface area contributed by atoms with Gasteiger partial charge < -0.3 is 14.7 Å². The van der Waals surface area contributed by atoms with Gasteiger partial charge in [0.05, 0.1) is 12.6 Å². The van der Waals surface area contributed by atoms with Crippen LogP contribution in [0.5, 0.6) is 0 Å². The van der Waals surface area contributed by atoms with Gasteiger partial charge in [-0.25, -0.2) is 4.79 Å². The van der Waals surface area contributed by atoms with Crippen molar-refractivity contribution < 1.29 is 14.6 Å². The van der Waals surface area contributed by atoms with Gasteiger partial charge in [-0.1, -0.05) is 27.7 Å². The molecule has 0 bridgehead atoms. The molecule has 1 aliphatic heterocycles. The molecule has 0 aromatic carbocycles. The molecule has 0 aliphatic carbocycles. The lowest BCUT2D eigenvalue weighted by Gasteiger charge is -2.37. The highest BCUT2D eigenvalue weighted by molar-refractivity contribution is 5.69. The molecule has 4 heteroatoms. The summed E-state index contributed by atoms with van der Waals surface area (Å²) in [6.07, 6.45) is -0.799. The molecule has 0 unspecified atom stereocenters. The molecule has 0 aromatic rings. The molecule has 3 atom stereocenters. The first kappa shape index (κ1) is 15.3. The largest absolute Gasteiger partial charge is 0.444 e. The molecule has 0 saturated carbocycles. The highest BCUT2D eigenvalue weighted by atomic mass is 16.6. The molecule has 4 nitrogen and oxygen atoms in total. The van der Waals surface area contributed by atoms with Crippen molar-refractivity contribution in [1.29, 1.82) is 0 Å². The molecule has 1 N–H and O–H groups in total. The topological polar surface area (TPSA) is 49.8 Å². The molecule has 0 radical (unpaired) electrons. The zero-order valence-corrected chi connectivity index (χ0v) is 12.7. The first-order valence-corrected chi connectivity index (χ1v) is 6.61. The lowest BCUT2D eigenvalue weighted by atomic mass is 9.80. The summed E-state index contributed by atoms with van der Waals surface area (Å²) >= 11 is 0. The van der Waals surface area contributed by atoms with Crippen molar-refractivity contribution in [3.8, 4) is 0 Å². The third-order valence-electron chi connectivity index (χ3n) is 3.34. The summed E-state index contributed by atoms with van der Waals surface area (Å²) < 4.78 is 5.42. The van der Waals surface area contributed by atoms with Gasteiger partial charge in [-0.3, -0.25) is 0 Å². The number of aliphatic hydroxyl groups is 1. The van der Waals surface area contributed by atoms with E-state index in [1.54, 1.807) is 4.90 Å². The summed E-state index contributed by atoms with van der Waals surface area (Å²) in [6, 6.07) is 0.00218. The number of carbonyl (C=O) groups is 1. The number of β-amino-alcohol motifs (C(OH)–C–C–N with tert-alkyl or cyclic N) is 1. The Bertz CT molecular complexity index is 314. The minimum Gasteiger partial charge on any atom is -0.444 e. The molecule has 0 spiro atoms. The summed E-state index contributed by atoms with van der Waals surface area (Å²) in [5.74, 6) is 0.0671. The van der Waals surface area contributed by atoms with E-state index in [0.717, 1.165) is 0 Å². The quantitative estimate of drug-likeness (QED) is 0.726. The van der Waals surface area contributed by atoms with E-state index in [2.05, 4.69) is 20.8 Å². The molecule has 1 saturated heterocycles. The smallest absolute Gasteiger partial charge is 0.410 e. The van der Waals surface area contributed by atoms with Crippen LogP contribution in [0.1, 0.15) is 48.5 Å². The molecule has 1 amide bonds. The Morgan fingerprint density at radius 2 is 1.72 bits per heavy atom. The van der Waals surface area contributed by atoms with Crippen LogP contribution >= 0.6 is 0 Å². The van der Waals surface area contributed by atoms with E-state index >= 15 is 0 Å². The Kier molecular flexibility index (Phi) is 4.01. The first-order valence-electron chi connectivity index (χ1n) is 6.61. The van der Waals surface area contributed by atoms with Gasteiger partial charge in [0.15, 0.2) is 0 Å². The second-order valence-electron chi connectivity index (χ2n) is 7.37. The van der Waals surface area contributed by atoms with E-state index in [-0.39, 0.29) is 23.5 Å². The second-order valence-corrected chi connectivity index (χ2v) is 7.37. The summed E-state index contributed by atoms with van der Waals surface area (Å²) in [5, 5.41) is 10.00. The van der Waals surface area contributed by atoms with Crippen LogP contribution in [0.15, 0.2) is 0 Å². The second kappa shape index (κ2) is 4.72. The van der Waals surface area contributed by atoms with E-state index in [4.69, 9.17) is 4.74 Å². The average Bonchev–Trinajstić information content (AvgIpc) is 2.39. The molecule has 1 fully saturated rings. The molecule has 106 valence electrons. The standard InChI is InChI=1S/C14H27NO3/c1-9-10(16)8-15(11(9)13(2,3)4)12(17)18-14(5,6)7/h9-11,16H,8H2,1-7H3/t9-,10+,11-/m1/s1. The van der Waals surface area contributed by atoms with Gasteiger partial charge in [-0.05, 0) is 26.2 Å². The number of ether oxygens (including phenoxy) is 1. The van der Waals surface area contributed by atoms with Gasteiger partial charge in [-0.15, -0.1) is 0 Å². The van der Waals surface area contributed by atoms with Crippen LogP contribution in [0.3, 0.4) is 0 Å². The number of likely N-dealkylation sites (tertiary alicyclic amines) is 1. The van der Waals surface area contributed by atoms with Crippen LogP contribution in [-0.4, -0.2) is 40.4 Å². The van der Waals surface area contributed by atoms with Crippen LogP contribution in [0, 0.1) is 11.3 Å². The van der Waals surface area contributed by atoms with Crippen molar-refractivity contribution in [2.24, 2.45) is 11.3 Å². The Labute approximate surface area is 110 Å². The number of hydrogen-bond acceptors (Lipinski definition) is 3. The van der Waals surface area contributed by atoms with Crippen LogP contribution in [0.25, 0.3) is 0 Å². The van der Waals surface area contributed by atoms with Crippen molar-refractivity contribution in [3.63, 3.8) is 0 Å². The van der Waals surface area contributed by atoms with E-state index in [1.165, 1.54) is 0 Å². The fraction of sp³-hybridized carbons (Fsp3) is 0.929. The van der Waals surface area contributed by atoms with Crippen LogP contribution < -0.4 is 0 Å². The lowest BCUT2D eigenvalue weighted by molar-refractivity contribution is 0.00850. The van der Waals surface area contributed by atoms with Crippen molar-refractivity contribution in [2.45, 2.75) is 66.2 Å². The summed E-state index contributed by atoms with van der Waals surface area (Å²) in [4.78, 5) is 13.9. The number of hydrogen-bond donors (Lipinski definition) is 1. The third kappa shape index (κ3) is 3.37. The number of rotatable bonds is 0. The zero-order chi connectivity index (χ0) is 14.3. The van der Waals surface area contributed by atoms with Crippen molar-refractivity contribution in [1.82, 2.24) is 4.90 Å².